The Balaban J connectivity index is 1.32. The van der Waals surface area contributed by atoms with Gasteiger partial charge in [0.1, 0.15) is 0 Å². The highest BCUT2D eigenvalue weighted by molar-refractivity contribution is 5.91. The number of benzene rings is 3. The molecule has 0 bridgehead atoms. The number of carbonyl (C=O) groups excluding carboxylic acids is 1. The highest BCUT2D eigenvalue weighted by Crippen LogP contribution is 2.24. The van der Waals surface area contributed by atoms with Crippen LogP contribution in [0.3, 0.4) is 0 Å². The Morgan fingerprint density at radius 1 is 0.931 bits per heavy atom. The fourth-order valence-electron chi connectivity index (χ4n) is 3.69. The first-order valence-electron chi connectivity index (χ1n) is 10.2. The van der Waals surface area contributed by atoms with Gasteiger partial charge in [0.15, 0.2) is 0 Å². The number of rotatable bonds is 6. The van der Waals surface area contributed by atoms with Gasteiger partial charge >= 0.3 is 0 Å². The summed E-state index contributed by atoms with van der Waals surface area (Å²) in [6.07, 6.45) is 1.24. The lowest BCUT2D eigenvalue weighted by molar-refractivity contribution is -0.116. The molecule has 1 unspecified atom stereocenters. The number of carbonyl (C=O) groups is 1. The third kappa shape index (κ3) is 5.24. The lowest BCUT2D eigenvalue weighted by atomic mass is 10.0. The number of anilines is 2. The molecule has 4 heteroatoms. The minimum absolute atomic E-state index is 0.0440. The highest BCUT2D eigenvalue weighted by Gasteiger charge is 2.22. The average molecular weight is 385 g/mol. The van der Waals surface area contributed by atoms with Crippen LogP contribution in [0, 0.1) is 0 Å². The van der Waals surface area contributed by atoms with Crippen LogP contribution in [-0.2, 0) is 11.2 Å². The lowest BCUT2D eigenvalue weighted by Gasteiger charge is -2.34. The quantitative estimate of drug-likeness (QED) is 0.684. The van der Waals surface area contributed by atoms with E-state index in [1.165, 1.54) is 16.8 Å². The third-order valence-electron chi connectivity index (χ3n) is 5.30. The van der Waals surface area contributed by atoms with Gasteiger partial charge in [-0.1, -0.05) is 60.7 Å². The minimum Gasteiger partial charge on any atom is -0.368 e. The molecule has 1 saturated heterocycles. The second kappa shape index (κ2) is 9.39. The maximum Gasteiger partial charge on any atom is 0.224 e. The SMILES string of the molecule is O=C(CCc1ccccc1)Nc1ccc(N2CC[N]C(c3ccccc3)C2)cc1. The van der Waals surface area contributed by atoms with Gasteiger partial charge in [-0.2, -0.15) is 0 Å². The molecule has 1 aliphatic heterocycles. The zero-order valence-corrected chi connectivity index (χ0v) is 16.5. The van der Waals surface area contributed by atoms with Crippen LogP contribution < -0.4 is 15.5 Å². The predicted octanol–water partition coefficient (Wildman–Crippen LogP) is 4.42. The summed E-state index contributed by atoms with van der Waals surface area (Å²) in [5.41, 5.74) is 4.46. The molecule has 0 spiro atoms. The molecule has 0 saturated carbocycles. The van der Waals surface area contributed by atoms with Gasteiger partial charge in [-0.25, -0.2) is 5.32 Å². The summed E-state index contributed by atoms with van der Waals surface area (Å²) in [6, 6.07) is 28.9. The van der Waals surface area contributed by atoms with E-state index < -0.39 is 0 Å². The Labute approximate surface area is 172 Å². The van der Waals surface area contributed by atoms with Crippen molar-refractivity contribution in [2.45, 2.75) is 18.9 Å². The lowest BCUT2D eigenvalue weighted by Crippen LogP contribution is -2.42. The van der Waals surface area contributed by atoms with Gasteiger partial charge in [0.25, 0.3) is 0 Å². The van der Waals surface area contributed by atoms with Gasteiger partial charge in [-0.05, 0) is 41.8 Å². The summed E-state index contributed by atoms with van der Waals surface area (Å²) >= 11 is 0. The number of nitrogens with zero attached hydrogens (tertiary/aromatic N) is 2. The van der Waals surface area contributed by atoms with Crippen LogP contribution in [0.1, 0.15) is 23.6 Å². The monoisotopic (exact) mass is 384 g/mol. The first-order valence-corrected chi connectivity index (χ1v) is 10.2. The third-order valence-corrected chi connectivity index (χ3v) is 5.30. The summed E-state index contributed by atoms with van der Waals surface area (Å²) in [4.78, 5) is 14.6. The van der Waals surface area contributed by atoms with E-state index in [-0.39, 0.29) is 11.9 Å². The molecule has 0 aliphatic carbocycles. The van der Waals surface area contributed by atoms with Crippen LogP contribution in [0.25, 0.3) is 0 Å². The topological polar surface area (TPSA) is 46.4 Å². The predicted molar refractivity (Wildman–Crippen MR) is 118 cm³/mol. The molecule has 0 aromatic heterocycles. The van der Waals surface area contributed by atoms with Crippen molar-refractivity contribution in [3.8, 4) is 0 Å². The summed E-state index contributed by atoms with van der Waals surface area (Å²) < 4.78 is 0. The first kappa shape index (κ1) is 19.2. The molecule has 1 atom stereocenters. The molecule has 29 heavy (non-hydrogen) atoms. The molecule has 1 amide bonds. The number of aryl methyl sites for hydroxylation is 1. The molecule has 3 aromatic carbocycles. The summed E-state index contributed by atoms with van der Waals surface area (Å²) in [5.74, 6) is 0.0440. The van der Waals surface area contributed by atoms with E-state index in [1.807, 2.05) is 36.4 Å². The fourth-order valence-corrected chi connectivity index (χ4v) is 3.69. The molecular formula is C25H26N3O. The molecule has 3 aromatic rings. The van der Waals surface area contributed by atoms with Gasteiger partial charge in [-0.15, -0.1) is 0 Å². The van der Waals surface area contributed by atoms with Crippen LogP contribution >= 0.6 is 0 Å². The maximum absolute atomic E-state index is 12.2. The standard InChI is InChI=1S/C25H26N3O/c29-25(16-11-20-7-3-1-4-8-20)27-22-12-14-23(15-13-22)28-18-17-26-24(19-28)21-9-5-2-6-10-21/h1-10,12-15,24H,11,16-19H2,(H,27,29). The van der Waals surface area contributed by atoms with Crippen molar-refractivity contribution in [2.24, 2.45) is 0 Å². The first-order chi connectivity index (χ1) is 14.3. The van der Waals surface area contributed by atoms with Gasteiger partial charge in [-0.3, -0.25) is 4.79 Å². The van der Waals surface area contributed by atoms with E-state index in [0.29, 0.717) is 6.42 Å². The Kier molecular flexibility index (Phi) is 6.22. The van der Waals surface area contributed by atoms with Gasteiger partial charge in [0, 0.05) is 37.4 Å². The number of hydrogen-bond donors (Lipinski definition) is 1. The van der Waals surface area contributed by atoms with Crippen molar-refractivity contribution < 1.29 is 4.79 Å². The minimum atomic E-state index is 0.0440. The number of amides is 1. The fraction of sp³-hybridized carbons (Fsp3) is 0.240. The Morgan fingerprint density at radius 3 is 2.34 bits per heavy atom. The van der Waals surface area contributed by atoms with Gasteiger partial charge < -0.3 is 10.2 Å². The van der Waals surface area contributed by atoms with Gasteiger partial charge in [0.05, 0.1) is 6.04 Å². The molecule has 1 N–H and O–H groups in total. The van der Waals surface area contributed by atoms with E-state index in [0.717, 1.165) is 31.7 Å². The maximum atomic E-state index is 12.2. The van der Waals surface area contributed by atoms with Crippen molar-refractivity contribution in [3.63, 3.8) is 0 Å². The largest absolute Gasteiger partial charge is 0.368 e. The molecule has 4 nitrogen and oxygen atoms in total. The second-order valence-electron chi connectivity index (χ2n) is 7.36. The summed E-state index contributed by atoms with van der Waals surface area (Å²) in [7, 11) is 0. The Bertz CT molecular complexity index is 910. The summed E-state index contributed by atoms with van der Waals surface area (Å²) in [6.45, 7) is 2.64. The molecule has 4 rings (SSSR count). The molecule has 1 radical (unpaired) electrons. The van der Waals surface area contributed by atoms with Crippen LogP contribution in [0.15, 0.2) is 84.9 Å². The molecule has 1 heterocycles. The molecule has 147 valence electrons. The van der Waals surface area contributed by atoms with Crippen LogP contribution in [0.5, 0.6) is 0 Å². The average Bonchev–Trinajstić information content (AvgIpc) is 2.80. The van der Waals surface area contributed by atoms with E-state index >= 15 is 0 Å². The zero-order chi connectivity index (χ0) is 19.9. The van der Waals surface area contributed by atoms with Crippen molar-refractivity contribution in [2.75, 3.05) is 29.9 Å². The van der Waals surface area contributed by atoms with Crippen LogP contribution in [0.2, 0.25) is 0 Å². The van der Waals surface area contributed by atoms with Crippen LogP contribution in [-0.4, -0.2) is 25.5 Å². The summed E-state index contributed by atoms with van der Waals surface area (Å²) in [5, 5.41) is 7.78. The molecular weight excluding hydrogens is 358 g/mol. The zero-order valence-electron chi connectivity index (χ0n) is 16.5. The van der Waals surface area contributed by atoms with E-state index in [4.69, 9.17) is 5.32 Å². The normalized spacial score (nSPS) is 16.4. The van der Waals surface area contributed by atoms with E-state index in [9.17, 15) is 4.79 Å². The van der Waals surface area contributed by atoms with Gasteiger partial charge in [0.2, 0.25) is 5.91 Å². The second-order valence-corrected chi connectivity index (χ2v) is 7.36. The smallest absolute Gasteiger partial charge is 0.224 e. The molecule has 1 aliphatic rings. The Morgan fingerprint density at radius 2 is 1.62 bits per heavy atom. The number of piperazine rings is 1. The highest BCUT2D eigenvalue weighted by atomic mass is 16.1. The number of hydrogen-bond acceptors (Lipinski definition) is 2. The van der Waals surface area contributed by atoms with Crippen molar-refractivity contribution >= 4 is 17.3 Å². The van der Waals surface area contributed by atoms with Crippen molar-refractivity contribution in [1.82, 2.24) is 5.32 Å². The van der Waals surface area contributed by atoms with Crippen LogP contribution in [0.4, 0.5) is 11.4 Å². The Hall–Kier alpha value is -3.11. The van der Waals surface area contributed by atoms with Crippen molar-refractivity contribution in [3.05, 3.63) is 96.1 Å². The molecule has 1 fully saturated rings. The van der Waals surface area contributed by atoms with E-state index in [1.54, 1.807) is 0 Å². The number of nitrogens with one attached hydrogen (secondary N) is 1. The van der Waals surface area contributed by atoms with Crippen molar-refractivity contribution in [1.29, 1.82) is 0 Å². The van der Waals surface area contributed by atoms with E-state index in [2.05, 4.69) is 58.7 Å².